The van der Waals surface area contributed by atoms with Crippen LogP contribution in [0.1, 0.15) is 32.6 Å². The van der Waals surface area contributed by atoms with E-state index in [2.05, 4.69) is 0 Å². The smallest absolute Gasteiger partial charge is 0.293 e. The van der Waals surface area contributed by atoms with Crippen LogP contribution in [0.15, 0.2) is 23.1 Å². The lowest BCUT2D eigenvalue weighted by atomic mass is 9.98. The predicted octanol–water partition coefficient (Wildman–Crippen LogP) is 2.22. The Morgan fingerprint density at radius 3 is 2.63 bits per heavy atom. The van der Waals surface area contributed by atoms with Crippen LogP contribution >= 0.6 is 0 Å². The molecule has 1 aromatic carbocycles. The van der Waals surface area contributed by atoms with Crippen molar-refractivity contribution in [2.45, 2.75) is 37.5 Å². The minimum Gasteiger partial charge on any atom is -0.396 e. The van der Waals surface area contributed by atoms with Crippen LogP contribution in [0, 0.1) is 22.0 Å². The summed E-state index contributed by atoms with van der Waals surface area (Å²) in [6.45, 7) is 4.15. The van der Waals surface area contributed by atoms with Crippen LogP contribution in [-0.2, 0) is 10.0 Å². The van der Waals surface area contributed by atoms with E-state index in [0.29, 0.717) is 31.9 Å². The van der Waals surface area contributed by atoms with Crippen molar-refractivity contribution in [3.05, 3.63) is 28.3 Å². The van der Waals surface area contributed by atoms with E-state index in [0.717, 1.165) is 25.7 Å². The van der Waals surface area contributed by atoms with Gasteiger partial charge >= 0.3 is 0 Å². The monoisotopic (exact) mass is 397 g/mol. The summed E-state index contributed by atoms with van der Waals surface area (Å²) in [4.78, 5) is 13.0. The number of nitro benzene ring substituents is 1. The maximum absolute atomic E-state index is 13.0. The van der Waals surface area contributed by atoms with Crippen molar-refractivity contribution in [1.29, 1.82) is 0 Å². The molecule has 2 fully saturated rings. The molecule has 0 amide bonds. The first-order chi connectivity index (χ1) is 12.8. The van der Waals surface area contributed by atoms with Gasteiger partial charge in [0.05, 0.1) is 9.82 Å². The Morgan fingerprint density at radius 2 is 1.96 bits per heavy atom. The number of aliphatic hydroxyl groups excluding tert-OH is 1. The third kappa shape index (κ3) is 4.25. The van der Waals surface area contributed by atoms with Crippen LogP contribution in [0.3, 0.4) is 0 Å². The fraction of sp³-hybridized carbons (Fsp3) is 0.667. The van der Waals surface area contributed by atoms with Gasteiger partial charge in [0.2, 0.25) is 10.0 Å². The molecule has 2 saturated heterocycles. The molecule has 1 N–H and O–H groups in total. The lowest BCUT2D eigenvalue weighted by Gasteiger charge is -2.33. The first-order valence-electron chi connectivity index (χ1n) is 9.47. The van der Waals surface area contributed by atoms with Crippen molar-refractivity contribution >= 4 is 21.4 Å². The lowest BCUT2D eigenvalue weighted by Crippen LogP contribution is -2.39. The number of anilines is 1. The highest BCUT2D eigenvalue weighted by Crippen LogP contribution is 2.35. The van der Waals surface area contributed by atoms with E-state index in [-0.39, 0.29) is 29.0 Å². The van der Waals surface area contributed by atoms with Gasteiger partial charge in [0.15, 0.2) is 0 Å². The summed E-state index contributed by atoms with van der Waals surface area (Å²) in [5.74, 6) is 0.364. The molecule has 2 atom stereocenters. The quantitative estimate of drug-likeness (QED) is 0.603. The van der Waals surface area contributed by atoms with Crippen LogP contribution < -0.4 is 4.90 Å². The summed E-state index contributed by atoms with van der Waals surface area (Å²) < 4.78 is 27.3. The molecule has 1 aromatic rings. The zero-order valence-corrected chi connectivity index (χ0v) is 16.4. The first kappa shape index (κ1) is 20.0. The Labute approximate surface area is 160 Å². The van der Waals surface area contributed by atoms with Gasteiger partial charge in [-0.3, -0.25) is 10.1 Å². The molecule has 0 unspecified atom stereocenters. The summed E-state index contributed by atoms with van der Waals surface area (Å²) in [5.41, 5.74) is 0.226. The Hall–Kier alpha value is -1.71. The van der Waals surface area contributed by atoms with Crippen LogP contribution in [-0.4, -0.2) is 55.5 Å². The molecular formula is C18H27N3O5S. The Balaban J connectivity index is 1.92. The molecule has 8 nitrogen and oxygen atoms in total. The number of rotatable bonds is 5. The van der Waals surface area contributed by atoms with E-state index in [1.54, 1.807) is 0 Å². The molecule has 0 radical (unpaired) electrons. The SMILES string of the molecule is C[C@H]1CCCN(S(=O)(=O)c2ccc(N3CCC[C@H](CO)C3)c([N+](=O)[O-])c2)C1. The number of hydrogen-bond acceptors (Lipinski definition) is 6. The number of nitro groups is 1. The van der Waals surface area contributed by atoms with Crippen LogP contribution in [0.2, 0.25) is 0 Å². The second-order valence-corrected chi connectivity index (χ2v) is 9.59. The van der Waals surface area contributed by atoms with E-state index in [1.165, 1.54) is 22.5 Å². The second-order valence-electron chi connectivity index (χ2n) is 7.65. The van der Waals surface area contributed by atoms with E-state index >= 15 is 0 Å². The highest BCUT2D eigenvalue weighted by atomic mass is 32.2. The molecule has 0 saturated carbocycles. The number of nitrogens with zero attached hydrogens (tertiary/aromatic N) is 3. The number of benzene rings is 1. The molecule has 3 rings (SSSR count). The number of piperidine rings is 2. The Kier molecular flexibility index (Phi) is 6.02. The molecule has 0 bridgehead atoms. The minimum atomic E-state index is -3.74. The molecule has 0 spiro atoms. The third-order valence-corrected chi connectivity index (χ3v) is 7.38. The molecule has 2 aliphatic heterocycles. The molecule has 0 aliphatic carbocycles. The lowest BCUT2D eigenvalue weighted by molar-refractivity contribution is -0.384. The number of sulfonamides is 1. The molecule has 27 heavy (non-hydrogen) atoms. The minimum absolute atomic E-state index is 0.0252. The van der Waals surface area contributed by atoms with Gasteiger partial charge in [-0.25, -0.2) is 8.42 Å². The van der Waals surface area contributed by atoms with Gasteiger partial charge in [0.1, 0.15) is 5.69 Å². The molecule has 2 heterocycles. The van der Waals surface area contributed by atoms with Gasteiger partial charge in [-0.15, -0.1) is 0 Å². The van der Waals surface area contributed by atoms with E-state index in [9.17, 15) is 23.6 Å². The second kappa shape index (κ2) is 8.12. The van der Waals surface area contributed by atoms with Crippen molar-refractivity contribution in [3.63, 3.8) is 0 Å². The van der Waals surface area contributed by atoms with Crippen molar-refractivity contribution in [3.8, 4) is 0 Å². The van der Waals surface area contributed by atoms with Crippen molar-refractivity contribution < 1.29 is 18.4 Å². The zero-order valence-electron chi connectivity index (χ0n) is 15.6. The van der Waals surface area contributed by atoms with Crippen molar-refractivity contribution in [1.82, 2.24) is 4.31 Å². The Morgan fingerprint density at radius 1 is 1.22 bits per heavy atom. The summed E-state index contributed by atoms with van der Waals surface area (Å²) >= 11 is 0. The normalized spacial score (nSPS) is 24.7. The van der Waals surface area contributed by atoms with Crippen molar-refractivity contribution in [2.24, 2.45) is 11.8 Å². The van der Waals surface area contributed by atoms with E-state index in [4.69, 9.17) is 0 Å². The number of hydrogen-bond donors (Lipinski definition) is 1. The van der Waals surface area contributed by atoms with Crippen LogP contribution in [0.5, 0.6) is 0 Å². The highest BCUT2D eigenvalue weighted by Gasteiger charge is 2.32. The van der Waals surface area contributed by atoms with Crippen molar-refractivity contribution in [2.75, 3.05) is 37.7 Å². The summed E-state index contributed by atoms with van der Waals surface area (Å²) in [6.07, 6.45) is 3.53. The molecular weight excluding hydrogens is 370 g/mol. The fourth-order valence-electron chi connectivity index (χ4n) is 4.02. The van der Waals surface area contributed by atoms with Gasteiger partial charge < -0.3 is 10.0 Å². The number of aliphatic hydroxyl groups is 1. The average Bonchev–Trinajstić information content (AvgIpc) is 2.67. The van der Waals surface area contributed by atoms with E-state index in [1.807, 2.05) is 11.8 Å². The maximum Gasteiger partial charge on any atom is 0.293 e. The highest BCUT2D eigenvalue weighted by molar-refractivity contribution is 7.89. The van der Waals surface area contributed by atoms with Gasteiger partial charge in [-0.05, 0) is 49.7 Å². The topological polar surface area (TPSA) is 104 Å². The van der Waals surface area contributed by atoms with Crippen LogP contribution in [0.25, 0.3) is 0 Å². The average molecular weight is 397 g/mol. The largest absolute Gasteiger partial charge is 0.396 e. The van der Waals surface area contributed by atoms with Gasteiger partial charge in [0, 0.05) is 38.9 Å². The van der Waals surface area contributed by atoms with E-state index < -0.39 is 14.9 Å². The van der Waals surface area contributed by atoms with Gasteiger partial charge in [0.25, 0.3) is 5.69 Å². The van der Waals surface area contributed by atoms with Crippen LogP contribution in [0.4, 0.5) is 11.4 Å². The summed E-state index contributed by atoms with van der Waals surface area (Å²) in [5, 5.41) is 21.0. The summed E-state index contributed by atoms with van der Waals surface area (Å²) in [7, 11) is -3.74. The summed E-state index contributed by atoms with van der Waals surface area (Å²) in [6, 6.07) is 4.20. The molecule has 2 aliphatic rings. The van der Waals surface area contributed by atoms with Gasteiger partial charge in [-0.1, -0.05) is 6.92 Å². The Bertz CT molecular complexity index is 798. The third-order valence-electron chi connectivity index (χ3n) is 5.52. The molecule has 0 aromatic heterocycles. The van der Waals surface area contributed by atoms with Gasteiger partial charge in [-0.2, -0.15) is 4.31 Å². The first-order valence-corrected chi connectivity index (χ1v) is 10.9. The maximum atomic E-state index is 13.0. The standard InChI is InChI=1S/C18H27N3O5S/c1-14-4-2-9-20(11-14)27(25,26)16-6-7-17(18(10-16)21(23)24)19-8-3-5-15(12-19)13-22/h6-7,10,14-15,22H,2-5,8-9,11-13H2,1H3/t14-,15-/m0/s1. The molecule has 150 valence electrons. The molecule has 9 heteroatoms. The fourth-order valence-corrected chi connectivity index (χ4v) is 5.64. The predicted molar refractivity (Wildman–Crippen MR) is 102 cm³/mol. The zero-order chi connectivity index (χ0) is 19.6.